The summed E-state index contributed by atoms with van der Waals surface area (Å²) >= 11 is 0. The van der Waals surface area contributed by atoms with Gasteiger partial charge in [0.05, 0.1) is 11.5 Å². The fraction of sp³-hybridized carbons (Fsp3) is 0.417. The Morgan fingerprint density at radius 2 is 2.22 bits per heavy atom. The third-order valence-electron chi connectivity index (χ3n) is 2.89. The minimum Gasteiger partial charge on any atom is -0.494 e. The molecule has 96 valence electrons. The second-order valence-corrected chi connectivity index (χ2v) is 4.32. The SMILES string of the molecule is O=C(O)c1cc(OCCC2CC2)ccc1[N+](=O)[O-]. The molecular weight excluding hydrogens is 238 g/mol. The van der Waals surface area contributed by atoms with Crippen molar-refractivity contribution in [3.8, 4) is 5.75 Å². The Morgan fingerprint density at radius 3 is 2.78 bits per heavy atom. The number of hydrogen-bond acceptors (Lipinski definition) is 4. The van der Waals surface area contributed by atoms with Crippen LogP contribution in [0.25, 0.3) is 0 Å². The number of nitro groups is 1. The molecule has 0 radical (unpaired) electrons. The van der Waals surface area contributed by atoms with E-state index in [2.05, 4.69) is 0 Å². The van der Waals surface area contributed by atoms with Crippen LogP contribution in [0.1, 0.15) is 29.6 Å². The standard InChI is InChI=1S/C12H13NO5/c14-12(15)10-7-9(3-4-11(10)13(16)17)18-6-5-8-1-2-8/h3-4,7-8H,1-2,5-6H2,(H,14,15). The van der Waals surface area contributed by atoms with Crippen LogP contribution < -0.4 is 4.74 Å². The molecule has 0 aromatic heterocycles. The number of ether oxygens (including phenoxy) is 1. The fourth-order valence-electron chi connectivity index (χ4n) is 1.69. The first-order valence-corrected chi connectivity index (χ1v) is 5.72. The van der Waals surface area contributed by atoms with Crippen LogP contribution in [-0.4, -0.2) is 22.6 Å². The van der Waals surface area contributed by atoms with E-state index in [1.807, 2.05) is 0 Å². The summed E-state index contributed by atoms with van der Waals surface area (Å²) in [5.41, 5.74) is -0.763. The highest BCUT2D eigenvalue weighted by Crippen LogP contribution is 2.32. The fourth-order valence-corrected chi connectivity index (χ4v) is 1.69. The second-order valence-electron chi connectivity index (χ2n) is 4.32. The Bertz CT molecular complexity index is 481. The van der Waals surface area contributed by atoms with Crippen LogP contribution in [-0.2, 0) is 0 Å². The quantitative estimate of drug-likeness (QED) is 0.619. The summed E-state index contributed by atoms with van der Waals surface area (Å²) in [6, 6.07) is 3.79. The molecule has 2 rings (SSSR count). The predicted octanol–water partition coefficient (Wildman–Crippen LogP) is 2.47. The number of nitrogens with zero attached hydrogens (tertiary/aromatic N) is 1. The summed E-state index contributed by atoms with van der Waals surface area (Å²) in [5.74, 6) is -0.241. The molecule has 0 saturated heterocycles. The van der Waals surface area contributed by atoms with E-state index in [0.29, 0.717) is 12.4 Å². The minimum absolute atomic E-state index is 0.344. The first-order valence-electron chi connectivity index (χ1n) is 5.72. The van der Waals surface area contributed by atoms with E-state index in [0.717, 1.165) is 18.4 Å². The van der Waals surface area contributed by atoms with Crippen LogP contribution in [0.5, 0.6) is 5.75 Å². The molecule has 1 aromatic carbocycles. The van der Waals surface area contributed by atoms with Gasteiger partial charge in [-0.3, -0.25) is 10.1 Å². The topological polar surface area (TPSA) is 89.7 Å². The van der Waals surface area contributed by atoms with Crippen LogP contribution in [0.4, 0.5) is 5.69 Å². The predicted molar refractivity (Wildman–Crippen MR) is 62.9 cm³/mol. The molecule has 0 amide bonds. The highest BCUT2D eigenvalue weighted by molar-refractivity contribution is 5.92. The van der Waals surface area contributed by atoms with E-state index in [4.69, 9.17) is 9.84 Å². The molecule has 1 aromatic rings. The molecule has 0 bridgehead atoms. The molecule has 1 aliphatic carbocycles. The second kappa shape index (κ2) is 5.03. The van der Waals surface area contributed by atoms with E-state index < -0.39 is 16.6 Å². The number of hydrogen-bond donors (Lipinski definition) is 1. The maximum atomic E-state index is 10.9. The van der Waals surface area contributed by atoms with Crippen molar-refractivity contribution < 1.29 is 19.6 Å². The van der Waals surface area contributed by atoms with Crippen molar-refractivity contribution in [2.24, 2.45) is 5.92 Å². The number of carboxylic acids is 1. The van der Waals surface area contributed by atoms with Crippen LogP contribution in [0.15, 0.2) is 18.2 Å². The molecular formula is C12H13NO5. The Labute approximate surface area is 103 Å². The molecule has 0 aliphatic heterocycles. The van der Waals surface area contributed by atoms with Crippen LogP contribution >= 0.6 is 0 Å². The Kier molecular flexibility index (Phi) is 3.45. The van der Waals surface area contributed by atoms with E-state index in [9.17, 15) is 14.9 Å². The van der Waals surface area contributed by atoms with Gasteiger partial charge < -0.3 is 9.84 Å². The number of carbonyl (C=O) groups is 1. The number of aromatic carboxylic acids is 1. The highest BCUT2D eigenvalue weighted by atomic mass is 16.6. The Hall–Kier alpha value is -2.11. The molecule has 1 saturated carbocycles. The molecule has 1 N–H and O–H groups in total. The highest BCUT2D eigenvalue weighted by Gasteiger charge is 2.22. The third kappa shape index (κ3) is 2.97. The van der Waals surface area contributed by atoms with Crippen LogP contribution in [0.3, 0.4) is 0 Å². The van der Waals surface area contributed by atoms with E-state index >= 15 is 0 Å². The molecule has 0 atom stereocenters. The summed E-state index contributed by atoms with van der Waals surface area (Å²) in [5, 5.41) is 19.6. The molecule has 6 nitrogen and oxygen atoms in total. The van der Waals surface area contributed by atoms with Gasteiger partial charge in [0, 0.05) is 12.1 Å². The Morgan fingerprint density at radius 1 is 1.50 bits per heavy atom. The maximum Gasteiger partial charge on any atom is 0.342 e. The van der Waals surface area contributed by atoms with Gasteiger partial charge in [-0.15, -0.1) is 0 Å². The van der Waals surface area contributed by atoms with Crippen LogP contribution in [0, 0.1) is 16.0 Å². The lowest BCUT2D eigenvalue weighted by molar-refractivity contribution is -0.385. The zero-order chi connectivity index (χ0) is 13.1. The van der Waals surface area contributed by atoms with Gasteiger partial charge in [-0.05, 0) is 18.4 Å². The van der Waals surface area contributed by atoms with E-state index in [1.165, 1.54) is 25.0 Å². The summed E-state index contributed by atoms with van der Waals surface area (Å²) in [7, 11) is 0. The van der Waals surface area contributed by atoms with Crippen molar-refractivity contribution in [1.29, 1.82) is 0 Å². The normalized spacial score (nSPS) is 14.2. The van der Waals surface area contributed by atoms with Crippen molar-refractivity contribution in [3.63, 3.8) is 0 Å². The van der Waals surface area contributed by atoms with Crippen molar-refractivity contribution >= 4 is 11.7 Å². The first kappa shape index (κ1) is 12.3. The molecule has 6 heteroatoms. The molecule has 1 fully saturated rings. The van der Waals surface area contributed by atoms with Crippen molar-refractivity contribution in [1.82, 2.24) is 0 Å². The number of carboxylic acid groups (broad SMARTS) is 1. The minimum atomic E-state index is -1.32. The van der Waals surface area contributed by atoms with Crippen molar-refractivity contribution in [3.05, 3.63) is 33.9 Å². The maximum absolute atomic E-state index is 10.9. The zero-order valence-electron chi connectivity index (χ0n) is 9.67. The van der Waals surface area contributed by atoms with Gasteiger partial charge in [0.25, 0.3) is 5.69 Å². The molecule has 0 unspecified atom stereocenters. The summed E-state index contributed by atoms with van der Waals surface area (Å²) in [6.07, 6.45) is 3.40. The summed E-state index contributed by atoms with van der Waals surface area (Å²) in [6.45, 7) is 0.515. The van der Waals surface area contributed by atoms with Crippen molar-refractivity contribution in [2.45, 2.75) is 19.3 Å². The average Bonchev–Trinajstić information content (AvgIpc) is 3.12. The Balaban J connectivity index is 2.08. The zero-order valence-corrected chi connectivity index (χ0v) is 9.67. The number of nitro benzene ring substituents is 1. The van der Waals surface area contributed by atoms with Gasteiger partial charge >= 0.3 is 5.97 Å². The van der Waals surface area contributed by atoms with Gasteiger partial charge in [-0.25, -0.2) is 4.79 Å². The smallest absolute Gasteiger partial charge is 0.342 e. The third-order valence-corrected chi connectivity index (χ3v) is 2.89. The lowest BCUT2D eigenvalue weighted by Crippen LogP contribution is -2.04. The number of benzene rings is 1. The van der Waals surface area contributed by atoms with Gasteiger partial charge in [-0.2, -0.15) is 0 Å². The van der Waals surface area contributed by atoms with Gasteiger partial charge in [0.2, 0.25) is 0 Å². The molecule has 18 heavy (non-hydrogen) atoms. The first-order chi connectivity index (χ1) is 8.58. The van der Waals surface area contributed by atoms with Crippen molar-refractivity contribution in [2.75, 3.05) is 6.61 Å². The summed E-state index contributed by atoms with van der Waals surface area (Å²) in [4.78, 5) is 20.9. The van der Waals surface area contributed by atoms with Gasteiger partial charge in [-0.1, -0.05) is 12.8 Å². The van der Waals surface area contributed by atoms with Crippen LogP contribution in [0.2, 0.25) is 0 Å². The number of rotatable bonds is 6. The largest absolute Gasteiger partial charge is 0.494 e. The van der Waals surface area contributed by atoms with E-state index in [1.54, 1.807) is 0 Å². The monoisotopic (exact) mass is 251 g/mol. The summed E-state index contributed by atoms with van der Waals surface area (Å²) < 4.78 is 5.40. The lowest BCUT2D eigenvalue weighted by atomic mass is 10.1. The van der Waals surface area contributed by atoms with E-state index in [-0.39, 0.29) is 5.56 Å². The molecule has 0 heterocycles. The van der Waals surface area contributed by atoms with Gasteiger partial charge in [0.15, 0.2) is 0 Å². The lowest BCUT2D eigenvalue weighted by Gasteiger charge is -2.06. The molecule has 0 spiro atoms. The average molecular weight is 251 g/mol. The van der Waals surface area contributed by atoms with Gasteiger partial charge in [0.1, 0.15) is 11.3 Å². The molecule has 1 aliphatic rings.